The molecule has 1 aliphatic carbocycles. The van der Waals surface area contributed by atoms with Crippen LogP contribution in [0.3, 0.4) is 0 Å². The van der Waals surface area contributed by atoms with Crippen molar-refractivity contribution in [2.24, 2.45) is 0 Å². The number of nitrogens with one attached hydrogen (secondary N) is 1. The lowest BCUT2D eigenvalue weighted by Crippen LogP contribution is -2.52. The molecule has 0 aromatic heterocycles. The lowest BCUT2D eigenvalue weighted by molar-refractivity contribution is -0.137. The smallest absolute Gasteiger partial charge is 0.348 e. The van der Waals surface area contributed by atoms with Gasteiger partial charge in [0.05, 0.1) is 5.56 Å². The number of alkyl halides is 3. The van der Waals surface area contributed by atoms with Crippen LogP contribution in [0.5, 0.6) is 0 Å². The molecule has 1 aliphatic rings. The van der Waals surface area contributed by atoms with Gasteiger partial charge >= 0.3 is 6.18 Å². The van der Waals surface area contributed by atoms with Crippen LogP contribution in [0.1, 0.15) is 41.6 Å². The Balaban J connectivity index is 2.05. The summed E-state index contributed by atoms with van der Waals surface area (Å²) in [7, 11) is 1.99. The highest BCUT2D eigenvalue weighted by Gasteiger charge is 2.31. The van der Waals surface area contributed by atoms with Crippen LogP contribution in [0.4, 0.5) is 13.2 Å². The Bertz CT molecular complexity index is 569. The van der Waals surface area contributed by atoms with Crippen LogP contribution in [0.15, 0.2) is 36.9 Å². The largest absolute Gasteiger partial charge is 0.416 e. The van der Waals surface area contributed by atoms with Gasteiger partial charge in [-0.1, -0.05) is 18.9 Å². The number of likely N-dealkylation sites (N-methyl/N-ethyl adjacent to an activating group) is 1. The van der Waals surface area contributed by atoms with Crippen molar-refractivity contribution in [2.45, 2.75) is 43.9 Å². The molecule has 1 N–H and O–H groups in total. The SMILES string of the molecule is C=CCN(C)C1CCCCC1NC(=O)c1ccc(C(F)(F)F)cc1. The maximum Gasteiger partial charge on any atom is 0.416 e. The van der Waals surface area contributed by atoms with Crippen molar-refractivity contribution in [3.63, 3.8) is 0 Å². The quantitative estimate of drug-likeness (QED) is 0.826. The van der Waals surface area contributed by atoms with E-state index in [4.69, 9.17) is 0 Å². The van der Waals surface area contributed by atoms with Crippen molar-refractivity contribution in [2.75, 3.05) is 13.6 Å². The fourth-order valence-corrected chi connectivity index (χ4v) is 3.21. The van der Waals surface area contributed by atoms with Crippen LogP contribution >= 0.6 is 0 Å². The van der Waals surface area contributed by atoms with E-state index in [0.29, 0.717) is 0 Å². The molecule has 2 rings (SSSR count). The summed E-state index contributed by atoms with van der Waals surface area (Å²) in [6.07, 6.45) is 1.44. The van der Waals surface area contributed by atoms with Gasteiger partial charge in [0.15, 0.2) is 0 Å². The number of hydrogen-bond donors (Lipinski definition) is 1. The lowest BCUT2D eigenvalue weighted by atomic mass is 9.89. The summed E-state index contributed by atoms with van der Waals surface area (Å²) < 4.78 is 37.8. The van der Waals surface area contributed by atoms with Crippen LogP contribution < -0.4 is 5.32 Å². The second-order valence-electron chi connectivity index (χ2n) is 6.24. The number of nitrogens with zero attached hydrogens (tertiary/aromatic N) is 1. The zero-order chi connectivity index (χ0) is 17.7. The zero-order valence-corrected chi connectivity index (χ0v) is 13.8. The van der Waals surface area contributed by atoms with Crippen molar-refractivity contribution in [1.82, 2.24) is 10.2 Å². The van der Waals surface area contributed by atoms with E-state index >= 15 is 0 Å². The molecule has 0 radical (unpaired) electrons. The third-order valence-corrected chi connectivity index (χ3v) is 4.50. The molecule has 3 nitrogen and oxygen atoms in total. The van der Waals surface area contributed by atoms with Crippen molar-refractivity contribution in [3.05, 3.63) is 48.0 Å². The van der Waals surface area contributed by atoms with Crippen LogP contribution in [-0.2, 0) is 6.18 Å². The van der Waals surface area contributed by atoms with Gasteiger partial charge in [0.1, 0.15) is 0 Å². The second-order valence-corrected chi connectivity index (χ2v) is 6.24. The number of carbonyl (C=O) groups is 1. The number of amides is 1. The minimum absolute atomic E-state index is 0.00140. The van der Waals surface area contributed by atoms with Gasteiger partial charge in [-0.15, -0.1) is 6.58 Å². The third kappa shape index (κ3) is 4.60. The second kappa shape index (κ2) is 7.83. The Hall–Kier alpha value is -1.82. The third-order valence-electron chi connectivity index (χ3n) is 4.50. The van der Waals surface area contributed by atoms with E-state index in [-0.39, 0.29) is 23.6 Å². The highest BCUT2D eigenvalue weighted by Crippen LogP contribution is 2.29. The number of rotatable bonds is 5. The number of halogens is 3. The normalized spacial score (nSPS) is 21.5. The monoisotopic (exact) mass is 340 g/mol. The van der Waals surface area contributed by atoms with Crippen molar-refractivity contribution < 1.29 is 18.0 Å². The van der Waals surface area contributed by atoms with Crippen LogP contribution in [0, 0.1) is 0 Å². The molecule has 0 bridgehead atoms. The van der Waals surface area contributed by atoms with E-state index in [0.717, 1.165) is 44.4 Å². The summed E-state index contributed by atoms with van der Waals surface area (Å²) in [4.78, 5) is 14.5. The Morgan fingerprint density at radius 3 is 2.50 bits per heavy atom. The molecule has 132 valence electrons. The first-order valence-electron chi connectivity index (χ1n) is 8.12. The van der Waals surface area contributed by atoms with E-state index in [1.165, 1.54) is 12.1 Å². The molecule has 1 amide bonds. The van der Waals surface area contributed by atoms with Crippen LogP contribution in [0.2, 0.25) is 0 Å². The van der Waals surface area contributed by atoms with Crippen LogP contribution in [0.25, 0.3) is 0 Å². The average Bonchev–Trinajstić information content (AvgIpc) is 2.55. The highest BCUT2D eigenvalue weighted by atomic mass is 19.4. The van der Waals surface area contributed by atoms with Gasteiger partial charge in [-0.2, -0.15) is 13.2 Å². The fourth-order valence-electron chi connectivity index (χ4n) is 3.21. The van der Waals surface area contributed by atoms with Crippen molar-refractivity contribution in [3.8, 4) is 0 Å². The Kier molecular flexibility index (Phi) is 6.04. The molecule has 0 heterocycles. The van der Waals surface area contributed by atoms with E-state index < -0.39 is 11.7 Å². The maximum absolute atomic E-state index is 12.6. The predicted molar refractivity (Wildman–Crippen MR) is 87.8 cm³/mol. The molecule has 0 aliphatic heterocycles. The molecule has 1 fully saturated rings. The van der Waals surface area contributed by atoms with Gasteiger partial charge in [0.25, 0.3) is 5.91 Å². The first-order chi connectivity index (χ1) is 11.3. The minimum atomic E-state index is -4.39. The summed E-state index contributed by atoms with van der Waals surface area (Å²) in [6.45, 7) is 4.47. The molecule has 1 aromatic carbocycles. The van der Waals surface area contributed by atoms with E-state index in [1.807, 2.05) is 13.1 Å². The molecule has 1 saturated carbocycles. The summed E-state index contributed by atoms with van der Waals surface area (Å²) in [5.74, 6) is -0.326. The van der Waals surface area contributed by atoms with E-state index in [2.05, 4.69) is 16.8 Å². The molecule has 2 atom stereocenters. The summed E-state index contributed by atoms with van der Waals surface area (Å²) >= 11 is 0. The number of benzene rings is 1. The van der Waals surface area contributed by atoms with Gasteiger partial charge in [-0.05, 0) is 44.2 Å². The maximum atomic E-state index is 12.6. The molecule has 0 saturated heterocycles. The Labute approximate surface area is 140 Å². The van der Waals surface area contributed by atoms with Crippen molar-refractivity contribution >= 4 is 5.91 Å². The number of hydrogen-bond acceptors (Lipinski definition) is 2. The fraction of sp³-hybridized carbons (Fsp3) is 0.500. The summed E-state index contributed by atoms with van der Waals surface area (Å²) in [5, 5.41) is 2.99. The molecule has 24 heavy (non-hydrogen) atoms. The van der Waals surface area contributed by atoms with Gasteiger partial charge in [-0.3, -0.25) is 9.69 Å². The van der Waals surface area contributed by atoms with Crippen molar-refractivity contribution in [1.29, 1.82) is 0 Å². The summed E-state index contributed by atoms with van der Waals surface area (Å²) in [6, 6.07) is 4.55. The first-order valence-corrected chi connectivity index (χ1v) is 8.12. The predicted octanol–water partition coefficient (Wildman–Crippen LogP) is 3.86. The van der Waals surface area contributed by atoms with Gasteiger partial charge < -0.3 is 5.32 Å². The Morgan fingerprint density at radius 1 is 1.29 bits per heavy atom. The van der Waals surface area contributed by atoms with Gasteiger partial charge in [0.2, 0.25) is 0 Å². The number of carbonyl (C=O) groups excluding carboxylic acids is 1. The molecular formula is C18H23F3N2O. The lowest BCUT2D eigenvalue weighted by Gasteiger charge is -2.38. The van der Waals surface area contributed by atoms with E-state index in [1.54, 1.807) is 0 Å². The Morgan fingerprint density at radius 2 is 1.92 bits per heavy atom. The summed E-state index contributed by atoms with van der Waals surface area (Å²) in [5.41, 5.74) is -0.501. The minimum Gasteiger partial charge on any atom is -0.348 e. The standard InChI is InChI=1S/C18H23F3N2O/c1-3-12-23(2)16-7-5-4-6-15(16)22-17(24)13-8-10-14(11-9-13)18(19,20)21/h3,8-11,15-16H,1,4-7,12H2,2H3,(H,22,24). The zero-order valence-electron chi connectivity index (χ0n) is 13.8. The molecule has 2 unspecified atom stereocenters. The van der Waals surface area contributed by atoms with Crippen LogP contribution in [-0.4, -0.2) is 36.5 Å². The molecule has 1 aromatic rings. The molecular weight excluding hydrogens is 317 g/mol. The van der Waals surface area contributed by atoms with E-state index in [9.17, 15) is 18.0 Å². The molecule has 6 heteroatoms. The highest BCUT2D eigenvalue weighted by molar-refractivity contribution is 5.94. The average molecular weight is 340 g/mol. The topological polar surface area (TPSA) is 32.3 Å². The van der Waals surface area contributed by atoms with Gasteiger partial charge in [-0.25, -0.2) is 0 Å². The molecule has 0 spiro atoms. The van der Waals surface area contributed by atoms with Gasteiger partial charge in [0, 0.05) is 24.2 Å². The first kappa shape index (κ1) is 18.5.